The first-order chi connectivity index (χ1) is 9.47. The second kappa shape index (κ2) is 5.30. The molecule has 1 heteroatoms. The number of fused-ring (bicyclic) bond motifs is 2. The van der Waals surface area contributed by atoms with Gasteiger partial charge < -0.3 is 5.32 Å². The molecule has 0 radical (unpaired) electrons. The molecule has 3 fully saturated rings. The third-order valence-corrected chi connectivity index (χ3v) is 7.90. The van der Waals surface area contributed by atoms with Gasteiger partial charge in [0.2, 0.25) is 0 Å². The Morgan fingerprint density at radius 1 is 1.00 bits per heavy atom. The van der Waals surface area contributed by atoms with E-state index in [1.165, 1.54) is 57.8 Å². The summed E-state index contributed by atoms with van der Waals surface area (Å²) in [6.07, 6.45) is 13.0. The van der Waals surface area contributed by atoms with Crippen molar-refractivity contribution in [2.45, 2.75) is 97.6 Å². The van der Waals surface area contributed by atoms with Gasteiger partial charge in [-0.05, 0) is 61.2 Å². The molecule has 20 heavy (non-hydrogen) atoms. The largest absolute Gasteiger partial charge is 0.311 e. The highest BCUT2D eigenvalue weighted by Gasteiger charge is 2.61. The lowest BCUT2D eigenvalue weighted by Gasteiger charge is -2.41. The molecule has 0 saturated heterocycles. The Morgan fingerprint density at radius 3 is 2.40 bits per heavy atom. The first-order valence-electron chi connectivity index (χ1n) is 9.23. The van der Waals surface area contributed by atoms with Crippen LogP contribution in [0.4, 0.5) is 0 Å². The van der Waals surface area contributed by atoms with Gasteiger partial charge in [0.15, 0.2) is 0 Å². The Hall–Kier alpha value is -0.0400. The molecule has 0 spiro atoms. The van der Waals surface area contributed by atoms with Gasteiger partial charge in [-0.15, -0.1) is 0 Å². The first-order valence-corrected chi connectivity index (χ1v) is 9.23. The summed E-state index contributed by atoms with van der Waals surface area (Å²) >= 11 is 0. The van der Waals surface area contributed by atoms with Crippen LogP contribution in [0.1, 0.15) is 85.5 Å². The van der Waals surface area contributed by atoms with Gasteiger partial charge in [-0.2, -0.15) is 0 Å². The molecule has 1 nitrogen and oxygen atoms in total. The second-order valence-corrected chi connectivity index (χ2v) is 8.81. The molecule has 3 aliphatic carbocycles. The summed E-state index contributed by atoms with van der Waals surface area (Å²) in [4.78, 5) is 0. The molecular formula is C19H35N. The van der Waals surface area contributed by atoms with Gasteiger partial charge >= 0.3 is 0 Å². The van der Waals surface area contributed by atoms with Gasteiger partial charge in [-0.3, -0.25) is 0 Å². The van der Waals surface area contributed by atoms with Crippen LogP contribution in [0.3, 0.4) is 0 Å². The van der Waals surface area contributed by atoms with Crippen molar-refractivity contribution in [1.29, 1.82) is 0 Å². The Morgan fingerprint density at radius 2 is 1.80 bits per heavy atom. The lowest BCUT2D eigenvalue weighted by molar-refractivity contribution is 0.113. The first kappa shape index (κ1) is 14.9. The van der Waals surface area contributed by atoms with Crippen LogP contribution in [0.25, 0.3) is 0 Å². The minimum absolute atomic E-state index is 0.550. The molecule has 116 valence electrons. The highest BCUT2D eigenvalue weighted by molar-refractivity contribution is 5.13. The van der Waals surface area contributed by atoms with E-state index in [0.29, 0.717) is 10.8 Å². The second-order valence-electron chi connectivity index (χ2n) is 8.81. The van der Waals surface area contributed by atoms with Crippen molar-refractivity contribution in [1.82, 2.24) is 5.32 Å². The van der Waals surface area contributed by atoms with Crippen molar-refractivity contribution in [3.63, 3.8) is 0 Å². The Labute approximate surface area is 126 Å². The SMILES string of the molecule is CCC1CCCC(NC2CC3CCC2(C)C3(C)C)CC1. The third-order valence-electron chi connectivity index (χ3n) is 7.90. The average molecular weight is 277 g/mol. The molecule has 2 bridgehead atoms. The molecule has 5 atom stereocenters. The molecule has 3 aliphatic rings. The van der Waals surface area contributed by atoms with E-state index in [2.05, 4.69) is 33.0 Å². The van der Waals surface area contributed by atoms with E-state index in [1.807, 2.05) is 0 Å². The van der Waals surface area contributed by atoms with Gasteiger partial charge in [0.25, 0.3) is 0 Å². The highest BCUT2D eigenvalue weighted by Crippen LogP contribution is 2.65. The molecule has 0 heterocycles. The molecule has 0 amide bonds. The van der Waals surface area contributed by atoms with Crippen molar-refractivity contribution < 1.29 is 0 Å². The normalized spacial score (nSPS) is 47.4. The Bertz CT molecular complexity index is 348. The molecular weight excluding hydrogens is 242 g/mol. The standard InChI is InChI=1S/C19H35N/c1-5-14-7-6-8-16(10-9-14)20-17-13-15-11-12-19(17,4)18(15,2)3/h14-17,20H,5-13H2,1-4H3. The van der Waals surface area contributed by atoms with Gasteiger partial charge in [-0.1, -0.05) is 47.0 Å². The third kappa shape index (κ3) is 2.25. The van der Waals surface area contributed by atoms with Crippen molar-refractivity contribution in [2.75, 3.05) is 0 Å². The predicted octanol–water partition coefficient (Wildman–Crippen LogP) is 5.15. The van der Waals surface area contributed by atoms with E-state index in [9.17, 15) is 0 Å². The van der Waals surface area contributed by atoms with Gasteiger partial charge in [-0.25, -0.2) is 0 Å². The molecule has 1 N–H and O–H groups in total. The van der Waals surface area contributed by atoms with Crippen molar-refractivity contribution >= 4 is 0 Å². The number of hydrogen-bond acceptors (Lipinski definition) is 1. The van der Waals surface area contributed by atoms with E-state index in [4.69, 9.17) is 0 Å². The van der Waals surface area contributed by atoms with E-state index < -0.39 is 0 Å². The summed E-state index contributed by atoms with van der Waals surface area (Å²) in [5.74, 6) is 1.98. The van der Waals surface area contributed by atoms with Crippen LogP contribution < -0.4 is 5.32 Å². The summed E-state index contributed by atoms with van der Waals surface area (Å²) in [7, 11) is 0. The fourth-order valence-electron chi connectivity index (χ4n) is 5.69. The van der Waals surface area contributed by atoms with Crippen LogP contribution in [-0.2, 0) is 0 Å². The molecule has 3 saturated carbocycles. The maximum atomic E-state index is 4.13. The van der Waals surface area contributed by atoms with E-state index in [1.54, 1.807) is 0 Å². The molecule has 5 unspecified atom stereocenters. The molecule has 0 aromatic heterocycles. The van der Waals surface area contributed by atoms with Crippen LogP contribution >= 0.6 is 0 Å². The van der Waals surface area contributed by atoms with Crippen LogP contribution in [0.5, 0.6) is 0 Å². The Balaban J connectivity index is 1.62. The van der Waals surface area contributed by atoms with Crippen LogP contribution in [0.2, 0.25) is 0 Å². The lowest BCUT2D eigenvalue weighted by Crippen LogP contribution is -2.48. The lowest BCUT2D eigenvalue weighted by atomic mass is 9.69. The number of hydrogen-bond donors (Lipinski definition) is 1. The van der Waals surface area contributed by atoms with Crippen LogP contribution in [0.15, 0.2) is 0 Å². The fraction of sp³-hybridized carbons (Fsp3) is 1.00. The molecule has 0 aliphatic heterocycles. The van der Waals surface area contributed by atoms with Gasteiger partial charge in [0, 0.05) is 12.1 Å². The zero-order valence-corrected chi connectivity index (χ0v) is 14.2. The summed E-state index contributed by atoms with van der Waals surface area (Å²) in [6.45, 7) is 10.0. The van der Waals surface area contributed by atoms with E-state index in [-0.39, 0.29) is 0 Å². The van der Waals surface area contributed by atoms with Gasteiger partial charge in [0.1, 0.15) is 0 Å². The molecule has 0 aromatic carbocycles. The monoisotopic (exact) mass is 277 g/mol. The molecule has 3 rings (SSSR count). The van der Waals surface area contributed by atoms with Gasteiger partial charge in [0.05, 0.1) is 0 Å². The van der Waals surface area contributed by atoms with E-state index >= 15 is 0 Å². The summed E-state index contributed by atoms with van der Waals surface area (Å²) in [5, 5.41) is 4.13. The maximum Gasteiger partial charge on any atom is 0.0131 e. The highest BCUT2D eigenvalue weighted by atomic mass is 15.0. The minimum Gasteiger partial charge on any atom is -0.311 e. The fourth-order valence-corrected chi connectivity index (χ4v) is 5.69. The van der Waals surface area contributed by atoms with Crippen molar-refractivity contribution in [3.05, 3.63) is 0 Å². The van der Waals surface area contributed by atoms with Crippen molar-refractivity contribution in [3.8, 4) is 0 Å². The Kier molecular flexibility index (Phi) is 3.95. The summed E-state index contributed by atoms with van der Waals surface area (Å²) < 4.78 is 0. The number of nitrogens with one attached hydrogen (secondary N) is 1. The smallest absolute Gasteiger partial charge is 0.0131 e. The van der Waals surface area contributed by atoms with Crippen LogP contribution in [0, 0.1) is 22.7 Å². The number of rotatable bonds is 3. The molecule has 0 aromatic rings. The average Bonchev–Trinajstić information content (AvgIpc) is 2.68. The minimum atomic E-state index is 0.550. The summed E-state index contributed by atoms with van der Waals surface area (Å²) in [5.41, 5.74) is 1.11. The maximum absolute atomic E-state index is 4.13. The van der Waals surface area contributed by atoms with E-state index in [0.717, 1.165) is 23.9 Å². The quantitative estimate of drug-likeness (QED) is 0.703. The zero-order valence-electron chi connectivity index (χ0n) is 14.2. The predicted molar refractivity (Wildman–Crippen MR) is 86.8 cm³/mol. The topological polar surface area (TPSA) is 12.0 Å². The van der Waals surface area contributed by atoms with Crippen molar-refractivity contribution in [2.24, 2.45) is 22.7 Å². The zero-order chi connectivity index (χ0) is 14.4. The van der Waals surface area contributed by atoms with Crippen LogP contribution in [-0.4, -0.2) is 12.1 Å². The summed E-state index contributed by atoms with van der Waals surface area (Å²) in [6, 6.07) is 1.60.